The van der Waals surface area contributed by atoms with Gasteiger partial charge in [-0.15, -0.1) is 0 Å². The topological polar surface area (TPSA) is 196 Å². The summed E-state index contributed by atoms with van der Waals surface area (Å²) in [5.74, 6) is -7.07. The maximum Gasteiger partial charge on any atom is 0.323 e. The van der Waals surface area contributed by atoms with Crippen molar-refractivity contribution in [2.24, 2.45) is 17.6 Å². The maximum atomic E-state index is 13.9. The van der Waals surface area contributed by atoms with Crippen molar-refractivity contribution >= 4 is 29.2 Å². The number of aliphatic hydroxyl groups is 3. The normalized spacial score (nSPS) is 22.3. The molecule has 1 fully saturated rings. The van der Waals surface area contributed by atoms with Gasteiger partial charge < -0.3 is 36.2 Å². The van der Waals surface area contributed by atoms with Crippen molar-refractivity contribution in [2.45, 2.75) is 57.7 Å². The molecular formula is C38H38N2O9. The van der Waals surface area contributed by atoms with Gasteiger partial charge in [-0.3, -0.25) is 19.2 Å². The van der Waals surface area contributed by atoms with Gasteiger partial charge in [0.25, 0.3) is 5.91 Å². The Bertz CT molecular complexity index is 1950. The summed E-state index contributed by atoms with van der Waals surface area (Å²) in [5, 5.41) is 48.2. The van der Waals surface area contributed by atoms with Gasteiger partial charge in [-0.25, -0.2) is 0 Å². The number of aryl methyl sites for hydroxylation is 1. The van der Waals surface area contributed by atoms with Crippen molar-refractivity contribution in [3.63, 3.8) is 0 Å². The van der Waals surface area contributed by atoms with Crippen LogP contribution < -0.4 is 11.1 Å². The molecule has 0 saturated heterocycles. The third-order valence-corrected chi connectivity index (χ3v) is 9.95. The predicted octanol–water partition coefficient (Wildman–Crippen LogP) is 3.66. The number of carbonyl (C=O) groups excluding carboxylic acids is 4. The van der Waals surface area contributed by atoms with Crippen LogP contribution in [0.2, 0.25) is 0 Å². The number of fused-ring (bicyclic) bond motifs is 3. The lowest BCUT2D eigenvalue weighted by Gasteiger charge is -2.46. The molecule has 1 unspecified atom stereocenters. The van der Waals surface area contributed by atoms with Crippen molar-refractivity contribution in [3.8, 4) is 16.9 Å². The first-order valence-electron chi connectivity index (χ1n) is 16.2. The molecule has 3 aromatic carbocycles. The third-order valence-electron chi connectivity index (χ3n) is 9.95. The standard InChI is InChI=1S/C38H38N2O9/c1-3-49-37(47)27(14-20-7-5-4-6-8-20)40-18-21-10-9-19(2)25(13-21)24-11-12-28(41)31-26(24)16-22-15-23-17-29(42)32(36(39)46)35(45)38(23,48)34(44)30(22)33(31)43/h4-13,22-23,27,40-41,43,45,48H,3,14-18H2,1-2H3,(H2,39,46)/t22-,23+,27?,38+/m1/s1. The maximum absolute atomic E-state index is 13.9. The molecule has 3 aromatic rings. The monoisotopic (exact) mass is 666 g/mol. The van der Waals surface area contributed by atoms with Crippen LogP contribution in [0.25, 0.3) is 16.9 Å². The SMILES string of the molecule is CCOC(=O)C(Cc1ccccc1)NCc1ccc(C)c(-c2ccc(O)c3c2C[C@H]2C[C@H]4CC(=O)C(C(N)=O)=C(O)[C@@]4(O)C(=O)C2=C3O)c1. The molecule has 6 rings (SSSR count). The van der Waals surface area contributed by atoms with Crippen LogP contribution in [0.4, 0.5) is 0 Å². The summed E-state index contributed by atoms with van der Waals surface area (Å²) in [5.41, 5.74) is 6.50. The number of primary amides is 1. The highest BCUT2D eigenvalue weighted by molar-refractivity contribution is 6.22. The highest BCUT2D eigenvalue weighted by Gasteiger charge is 2.60. The quantitative estimate of drug-likeness (QED) is 0.145. The summed E-state index contributed by atoms with van der Waals surface area (Å²) in [6.07, 6.45) is 0.275. The fraction of sp³-hybridized carbons (Fsp3) is 0.316. The van der Waals surface area contributed by atoms with Gasteiger partial charge in [0, 0.05) is 24.5 Å². The number of nitrogens with two attached hydrogens (primary N) is 1. The molecule has 1 saturated carbocycles. The molecule has 3 aliphatic carbocycles. The second-order valence-corrected chi connectivity index (χ2v) is 12.9. The summed E-state index contributed by atoms with van der Waals surface area (Å²) in [4.78, 5) is 51.3. The van der Waals surface area contributed by atoms with E-state index in [9.17, 15) is 39.6 Å². The predicted molar refractivity (Wildman–Crippen MR) is 179 cm³/mol. The Morgan fingerprint density at radius 3 is 2.43 bits per heavy atom. The van der Waals surface area contributed by atoms with Crippen LogP contribution in [0.15, 0.2) is 77.6 Å². The Morgan fingerprint density at radius 2 is 1.73 bits per heavy atom. The molecule has 0 aromatic heterocycles. The highest BCUT2D eigenvalue weighted by atomic mass is 16.5. The Labute approximate surface area is 282 Å². The van der Waals surface area contributed by atoms with E-state index < -0.39 is 58.0 Å². The fourth-order valence-electron chi connectivity index (χ4n) is 7.52. The molecule has 0 bridgehead atoms. The van der Waals surface area contributed by atoms with Gasteiger partial charge in [-0.2, -0.15) is 0 Å². The number of amides is 1. The molecule has 49 heavy (non-hydrogen) atoms. The van der Waals surface area contributed by atoms with Gasteiger partial charge in [-0.1, -0.05) is 48.5 Å². The molecule has 7 N–H and O–H groups in total. The number of hydrogen-bond acceptors (Lipinski definition) is 10. The van der Waals surface area contributed by atoms with Gasteiger partial charge >= 0.3 is 5.97 Å². The zero-order chi connectivity index (χ0) is 35.2. The molecule has 0 spiro atoms. The van der Waals surface area contributed by atoms with E-state index in [1.165, 1.54) is 6.07 Å². The first-order valence-corrected chi connectivity index (χ1v) is 16.2. The Morgan fingerprint density at radius 1 is 1.00 bits per heavy atom. The number of aromatic hydroxyl groups is 1. The molecule has 0 radical (unpaired) electrons. The second-order valence-electron chi connectivity index (χ2n) is 12.9. The Hall–Kier alpha value is -5.26. The van der Waals surface area contributed by atoms with Gasteiger partial charge in [0.15, 0.2) is 11.4 Å². The molecule has 11 heteroatoms. The van der Waals surface area contributed by atoms with Gasteiger partial charge in [0.1, 0.15) is 28.9 Å². The molecule has 1 amide bonds. The van der Waals surface area contributed by atoms with Crippen molar-refractivity contribution in [1.82, 2.24) is 5.32 Å². The zero-order valence-electron chi connectivity index (χ0n) is 27.2. The smallest absolute Gasteiger partial charge is 0.323 e. The average Bonchev–Trinajstić information content (AvgIpc) is 3.06. The fourth-order valence-corrected chi connectivity index (χ4v) is 7.52. The number of phenols is 1. The van der Waals surface area contributed by atoms with Crippen LogP contribution >= 0.6 is 0 Å². The number of phenolic OH excluding ortho intramolecular Hbond substituents is 1. The van der Waals surface area contributed by atoms with Gasteiger partial charge in [-0.05, 0) is 84.5 Å². The first-order chi connectivity index (χ1) is 23.4. The number of carbonyl (C=O) groups is 4. The second kappa shape index (κ2) is 13.0. The molecule has 3 aliphatic rings. The van der Waals surface area contributed by atoms with E-state index in [0.29, 0.717) is 24.1 Å². The van der Waals surface area contributed by atoms with Crippen molar-refractivity contribution in [1.29, 1.82) is 0 Å². The molecule has 11 nitrogen and oxygen atoms in total. The zero-order valence-corrected chi connectivity index (χ0v) is 27.2. The van der Waals surface area contributed by atoms with E-state index in [0.717, 1.165) is 22.3 Å². The Kier molecular flexibility index (Phi) is 8.91. The number of nitrogens with one attached hydrogen (secondary N) is 1. The third kappa shape index (κ3) is 5.78. The number of benzene rings is 3. The number of rotatable bonds is 9. The van der Waals surface area contributed by atoms with E-state index in [-0.39, 0.29) is 48.7 Å². The number of hydrogen-bond donors (Lipinski definition) is 6. The summed E-state index contributed by atoms with van der Waals surface area (Å²) >= 11 is 0. The number of aliphatic hydroxyl groups excluding tert-OH is 2. The number of ketones is 2. The largest absolute Gasteiger partial charge is 0.508 e. The molecule has 4 atom stereocenters. The number of Topliss-reactive ketones (excluding diaryl/α,β-unsaturated/α-hetero) is 2. The summed E-state index contributed by atoms with van der Waals surface area (Å²) in [7, 11) is 0. The van der Waals surface area contributed by atoms with Crippen LogP contribution in [0.5, 0.6) is 5.75 Å². The number of esters is 1. The summed E-state index contributed by atoms with van der Waals surface area (Å²) in [6.45, 7) is 4.28. The van der Waals surface area contributed by atoms with Crippen LogP contribution in [-0.4, -0.2) is 62.1 Å². The lowest BCUT2D eigenvalue weighted by atomic mass is 9.59. The van der Waals surface area contributed by atoms with Crippen LogP contribution in [0.1, 0.15) is 47.6 Å². The lowest BCUT2D eigenvalue weighted by Crippen LogP contribution is -2.58. The molecular weight excluding hydrogens is 628 g/mol. The summed E-state index contributed by atoms with van der Waals surface area (Å²) in [6, 6.07) is 18.1. The average molecular weight is 667 g/mol. The minimum Gasteiger partial charge on any atom is -0.508 e. The van der Waals surface area contributed by atoms with Crippen LogP contribution in [0.3, 0.4) is 0 Å². The van der Waals surface area contributed by atoms with Crippen molar-refractivity contribution in [3.05, 3.63) is 105 Å². The van der Waals surface area contributed by atoms with Crippen molar-refractivity contribution in [2.75, 3.05) is 6.61 Å². The van der Waals surface area contributed by atoms with E-state index in [4.69, 9.17) is 10.5 Å². The minimum absolute atomic E-state index is 0.0257. The van der Waals surface area contributed by atoms with Gasteiger partial charge in [0.05, 0.1) is 12.2 Å². The molecule has 254 valence electrons. The van der Waals surface area contributed by atoms with E-state index in [1.54, 1.807) is 13.0 Å². The first kappa shape index (κ1) is 33.6. The van der Waals surface area contributed by atoms with Crippen LogP contribution in [0, 0.1) is 18.8 Å². The van der Waals surface area contributed by atoms with Gasteiger partial charge in [0.2, 0.25) is 5.78 Å². The van der Waals surface area contributed by atoms with E-state index in [2.05, 4.69) is 5.32 Å². The van der Waals surface area contributed by atoms with E-state index in [1.807, 2.05) is 55.5 Å². The highest BCUT2D eigenvalue weighted by Crippen LogP contribution is 2.53. The lowest BCUT2D eigenvalue weighted by molar-refractivity contribution is -0.148. The molecule has 0 aliphatic heterocycles. The minimum atomic E-state index is -2.62. The molecule has 0 heterocycles. The van der Waals surface area contributed by atoms with Crippen LogP contribution in [-0.2, 0) is 43.3 Å². The number of ether oxygens (including phenoxy) is 1. The Balaban J connectivity index is 1.36. The van der Waals surface area contributed by atoms with E-state index >= 15 is 0 Å². The summed E-state index contributed by atoms with van der Waals surface area (Å²) < 4.78 is 5.33. The van der Waals surface area contributed by atoms with Crippen molar-refractivity contribution < 1.29 is 44.3 Å².